The summed E-state index contributed by atoms with van der Waals surface area (Å²) >= 11 is 0. The summed E-state index contributed by atoms with van der Waals surface area (Å²) in [5.41, 5.74) is 17.1. The average Bonchev–Trinajstić information content (AvgIpc) is 3.32. The van der Waals surface area contributed by atoms with Crippen LogP contribution in [0.2, 0.25) is 0 Å². The lowest BCUT2D eigenvalue weighted by atomic mass is 9.31. The van der Waals surface area contributed by atoms with E-state index in [0.717, 1.165) is 79.2 Å². The number of nitrogens with zero attached hydrogens (tertiary/aromatic N) is 3. The Morgan fingerprint density at radius 2 is 0.803 bits per heavy atom. The Morgan fingerprint density at radius 1 is 0.311 bits per heavy atom. The third-order valence-corrected chi connectivity index (χ3v) is 12.7. The molecule has 0 radical (unpaired) electrons. The van der Waals surface area contributed by atoms with Crippen molar-refractivity contribution in [1.29, 1.82) is 0 Å². The van der Waals surface area contributed by atoms with Crippen molar-refractivity contribution >= 4 is 97.4 Å². The Labute approximate surface area is 355 Å². The lowest BCUT2D eigenvalue weighted by molar-refractivity contribution is 0.465. The highest BCUT2D eigenvalue weighted by atomic mass is 16.5. The van der Waals surface area contributed by atoms with E-state index in [4.69, 9.17) is 9.47 Å². The van der Waals surface area contributed by atoms with Gasteiger partial charge in [-0.15, -0.1) is 0 Å². The fourth-order valence-corrected chi connectivity index (χ4v) is 10.3. The molecule has 0 amide bonds. The van der Waals surface area contributed by atoms with Crippen molar-refractivity contribution in [3.63, 3.8) is 0 Å². The molecule has 0 aromatic heterocycles. The van der Waals surface area contributed by atoms with Crippen LogP contribution in [0.4, 0.5) is 51.2 Å². The van der Waals surface area contributed by atoms with Gasteiger partial charge in [0.25, 0.3) is 13.4 Å². The van der Waals surface area contributed by atoms with E-state index in [2.05, 4.69) is 227 Å². The number of benzene rings is 9. The molecule has 0 N–H and O–H groups in total. The van der Waals surface area contributed by atoms with Crippen molar-refractivity contribution in [1.82, 2.24) is 0 Å². The number of anilines is 9. The molecule has 13 rings (SSSR count). The number of hydrogen-bond acceptors (Lipinski definition) is 5. The fraction of sp³-hybridized carbons (Fsp3) is 0. The maximum atomic E-state index is 7.25. The molecule has 0 bridgehead atoms. The van der Waals surface area contributed by atoms with Gasteiger partial charge in [0, 0.05) is 69.2 Å². The van der Waals surface area contributed by atoms with E-state index in [1.54, 1.807) is 0 Å². The molecule has 0 spiro atoms. The third kappa shape index (κ3) is 5.10. The minimum absolute atomic E-state index is 0.0220. The number of fused-ring (bicyclic) bond motifs is 8. The Hall–Kier alpha value is -7.89. The topological polar surface area (TPSA) is 28.2 Å². The van der Waals surface area contributed by atoms with Crippen molar-refractivity contribution in [3.05, 3.63) is 212 Å². The third-order valence-electron chi connectivity index (χ3n) is 12.7. The Morgan fingerprint density at radius 3 is 1.44 bits per heavy atom. The zero-order valence-electron chi connectivity index (χ0n) is 33.0. The first kappa shape index (κ1) is 34.0. The van der Waals surface area contributed by atoms with Gasteiger partial charge in [-0.25, -0.2) is 0 Å². The van der Waals surface area contributed by atoms with Gasteiger partial charge < -0.3 is 24.2 Å². The maximum absolute atomic E-state index is 7.25. The van der Waals surface area contributed by atoms with Crippen molar-refractivity contribution < 1.29 is 9.47 Å². The van der Waals surface area contributed by atoms with E-state index in [0.29, 0.717) is 0 Å². The van der Waals surface area contributed by atoms with Crippen molar-refractivity contribution in [2.45, 2.75) is 0 Å². The second kappa shape index (κ2) is 13.3. The predicted octanol–water partition coefficient (Wildman–Crippen LogP) is 9.97. The van der Waals surface area contributed by atoms with Crippen LogP contribution in [0.3, 0.4) is 0 Å². The van der Waals surface area contributed by atoms with Gasteiger partial charge in [0.2, 0.25) is 0 Å². The van der Waals surface area contributed by atoms with E-state index in [1.807, 2.05) is 0 Å². The van der Waals surface area contributed by atoms with Crippen LogP contribution < -0.4 is 57.0 Å². The first-order valence-corrected chi connectivity index (χ1v) is 20.9. The summed E-state index contributed by atoms with van der Waals surface area (Å²) in [6.07, 6.45) is 0. The molecule has 0 unspecified atom stereocenters. The van der Waals surface area contributed by atoms with Crippen LogP contribution in [0.25, 0.3) is 0 Å². The second-order valence-electron chi connectivity index (χ2n) is 16.0. The SMILES string of the molecule is c1ccc(N(c2ccccc2)c2cc3c4c(c2)Oc2cc5c(cc2B4c2ccccc2O3)B2c3ccccc3N(c3ccccc3)c3cccc(c32)N5c2ccccc2)cc1. The molecule has 9 aromatic carbocycles. The molecule has 5 nitrogen and oxygen atoms in total. The second-order valence-corrected chi connectivity index (χ2v) is 16.0. The summed E-state index contributed by atoms with van der Waals surface area (Å²) in [4.78, 5) is 7.14. The van der Waals surface area contributed by atoms with Gasteiger partial charge in [-0.3, -0.25) is 0 Å². The first-order valence-electron chi connectivity index (χ1n) is 20.9. The van der Waals surface area contributed by atoms with Gasteiger partial charge in [-0.05, 0) is 100 Å². The van der Waals surface area contributed by atoms with Gasteiger partial charge in [0.15, 0.2) is 0 Å². The van der Waals surface area contributed by atoms with Gasteiger partial charge >= 0.3 is 0 Å². The minimum atomic E-state index is -0.110. The normalized spacial score (nSPS) is 13.4. The van der Waals surface area contributed by atoms with Crippen LogP contribution in [0.5, 0.6) is 23.0 Å². The van der Waals surface area contributed by atoms with E-state index >= 15 is 0 Å². The van der Waals surface area contributed by atoms with Gasteiger partial charge in [0.1, 0.15) is 23.0 Å². The highest BCUT2D eigenvalue weighted by Gasteiger charge is 2.46. The lowest BCUT2D eigenvalue weighted by Crippen LogP contribution is -2.63. The molecule has 9 aromatic rings. The highest BCUT2D eigenvalue weighted by Crippen LogP contribution is 2.47. The van der Waals surface area contributed by atoms with Crippen LogP contribution in [-0.2, 0) is 0 Å². The van der Waals surface area contributed by atoms with Crippen molar-refractivity contribution in [2.75, 3.05) is 14.7 Å². The highest BCUT2D eigenvalue weighted by molar-refractivity contribution is 7.02. The van der Waals surface area contributed by atoms with Crippen LogP contribution in [0, 0.1) is 0 Å². The van der Waals surface area contributed by atoms with Crippen LogP contribution in [0.15, 0.2) is 212 Å². The molecular formula is C54H35B2N3O2. The lowest BCUT2D eigenvalue weighted by Gasteiger charge is -2.44. The molecule has 4 aliphatic rings. The number of ether oxygens (including phenoxy) is 2. The van der Waals surface area contributed by atoms with Crippen molar-refractivity contribution in [3.8, 4) is 23.0 Å². The molecule has 0 saturated carbocycles. The summed E-state index contributed by atoms with van der Waals surface area (Å²) < 4.78 is 14.1. The predicted molar refractivity (Wildman–Crippen MR) is 253 cm³/mol. The summed E-state index contributed by atoms with van der Waals surface area (Å²) in [7, 11) is 0. The zero-order chi connectivity index (χ0) is 40.0. The number of rotatable bonds is 5. The van der Waals surface area contributed by atoms with E-state index < -0.39 is 0 Å². The molecule has 4 heterocycles. The monoisotopic (exact) mass is 779 g/mol. The maximum Gasteiger partial charge on any atom is 0.260 e. The summed E-state index contributed by atoms with van der Waals surface area (Å²) in [5.74, 6) is 3.30. The van der Waals surface area contributed by atoms with Gasteiger partial charge in [0.05, 0.1) is 5.69 Å². The van der Waals surface area contributed by atoms with E-state index in [-0.39, 0.29) is 13.4 Å². The van der Waals surface area contributed by atoms with E-state index in [1.165, 1.54) is 27.8 Å². The molecule has 7 heteroatoms. The molecule has 4 aliphatic heterocycles. The average molecular weight is 780 g/mol. The Balaban J connectivity index is 1.06. The number of para-hydroxylation sites is 6. The molecular weight excluding hydrogens is 744 g/mol. The quantitative estimate of drug-likeness (QED) is 0.162. The molecule has 0 saturated heterocycles. The Kier molecular flexibility index (Phi) is 7.43. The van der Waals surface area contributed by atoms with Crippen LogP contribution in [-0.4, -0.2) is 13.4 Å². The minimum Gasteiger partial charge on any atom is -0.458 e. The smallest absolute Gasteiger partial charge is 0.260 e. The Bertz CT molecular complexity index is 3140. The van der Waals surface area contributed by atoms with Crippen LogP contribution >= 0.6 is 0 Å². The molecule has 0 aliphatic carbocycles. The molecule has 284 valence electrons. The fourth-order valence-electron chi connectivity index (χ4n) is 10.3. The van der Waals surface area contributed by atoms with Crippen molar-refractivity contribution in [2.24, 2.45) is 0 Å². The molecule has 61 heavy (non-hydrogen) atoms. The van der Waals surface area contributed by atoms with Gasteiger partial charge in [-0.2, -0.15) is 0 Å². The van der Waals surface area contributed by atoms with Gasteiger partial charge in [-0.1, -0.05) is 121 Å². The summed E-state index contributed by atoms with van der Waals surface area (Å²) in [6.45, 7) is -0.132. The summed E-state index contributed by atoms with van der Waals surface area (Å²) in [6, 6.07) is 75.8. The van der Waals surface area contributed by atoms with E-state index in [9.17, 15) is 0 Å². The largest absolute Gasteiger partial charge is 0.458 e. The zero-order valence-corrected chi connectivity index (χ0v) is 33.0. The standard InChI is InChI=1S/C54H35B2N3O2/c1-5-18-36(19-6-1)57(37-20-7-2-8-21-37)40-32-51-54-52(33-40)61-50-35-48-43(34-44(50)56(54)42-27-14-16-31-49(42)60-51)55-41-26-13-15-28-45(41)58(38-22-9-3-10-23-38)46-29-17-30-47(53(46)55)59(48)39-24-11-4-12-25-39/h1-35H. The number of hydrogen-bond donors (Lipinski definition) is 0. The van der Waals surface area contributed by atoms with Crippen LogP contribution in [0.1, 0.15) is 0 Å². The molecule has 0 atom stereocenters. The summed E-state index contributed by atoms with van der Waals surface area (Å²) in [5, 5.41) is 0. The first-order chi connectivity index (χ1) is 30.3. The molecule has 0 fully saturated rings.